The molecular formula is C44H37NSi2. The molecule has 0 fully saturated rings. The topological polar surface area (TPSA) is 3.24 Å². The molecule has 3 heteroatoms. The normalized spacial score (nSPS) is 14.7. The van der Waals surface area contributed by atoms with Gasteiger partial charge < -0.3 is 4.90 Å². The number of rotatable bonds is 4. The van der Waals surface area contributed by atoms with Crippen LogP contribution in [0.3, 0.4) is 0 Å². The zero-order valence-corrected chi connectivity index (χ0v) is 29.4. The highest BCUT2D eigenvalue weighted by molar-refractivity contribution is 7.04. The first-order valence-electron chi connectivity index (χ1n) is 16.7. The summed E-state index contributed by atoms with van der Waals surface area (Å²) in [6.45, 7) is 10.00. The lowest BCUT2D eigenvalue weighted by molar-refractivity contribution is 1.29. The van der Waals surface area contributed by atoms with Gasteiger partial charge in [0.15, 0.2) is 0 Å². The Hall–Kier alpha value is -4.97. The van der Waals surface area contributed by atoms with Crippen LogP contribution in [-0.2, 0) is 0 Å². The average molecular weight is 636 g/mol. The first-order chi connectivity index (χ1) is 22.8. The summed E-state index contributed by atoms with van der Waals surface area (Å²) in [6.07, 6.45) is 0. The third kappa shape index (κ3) is 4.27. The molecule has 0 amide bonds. The fourth-order valence-electron chi connectivity index (χ4n) is 8.31. The van der Waals surface area contributed by atoms with Gasteiger partial charge in [0.25, 0.3) is 0 Å². The Bertz CT molecular complexity index is 2370. The summed E-state index contributed by atoms with van der Waals surface area (Å²) in [7, 11) is -3.60. The number of benzene rings is 7. The summed E-state index contributed by atoms with van der Waals surface area (Å²) in [5, 5.41) is 8.64. The molecule has 47 heavy (non-hydrogen) atoms. The number of hydrogen-bond donors (Lipinski definition) is 0. The Kier molecular flexibility index (Phi) is 6.18. The molecule has 226 valence electrons. The van der Waals surface area contributed by atoms with Crippen molar-refractivity contribution >= 4 is 64.7 Å². The maximum atomic E-state index is 2.51. The number of anilines is 3. The van der Waals surface area contributed by atoms with Crippen LogP contribution in [0, 0.1) is 0 Å². The quantitative estimate of drug-likeness (QED) is 0.174. The maximum absolute atomic E-state index is 2.51. The molecule has 0 atom stereocenters. The third-order valence-corrected chi connectivity index (χ3v) is 17.9. The van der Waals surface area contributed by atoms with Gasteiger partial charge in [-0.2, -0.15) is 0 Å². The summed E-state index contributed by atoms with van der Waals surface area (Å²) in [5.41, 5.74) is 11.7. The van der Waals surface area contributed by atoms with Crippen molar-refractivity contribution in [2.75, 3.05) is 4.90 Å². The Morgan fingerprint density at radius 3 is 1.62 bits per heavy atom. The second kappa shape index (κ2) is 10.3. The van der Waals surface area contributed by atoms with E-state index < -0.39 is 16.1 Å². The monoisotopic (exact) mass is 635 g/mol. The van der Waals surface area contributed by atoms with Crippen molar-refractivity contribution in [3.8, 4) is 33.4 Å². The van der Waals surface area contributed by atoms with Gasteiger partial charge in [-0.15, -0.1) is 0 Å². The standard InChI is InChI=1S/C44H37NSi2/c1-46(2)42-17-11-9-15-38(42)40-28-35(23-25-43(40)46)45(36-22-24-39-37-14-8-10-16-41(37)47(3,4)44(39)29-36)34-21-20-32-26-31(18-19-33(32)27-34)30-12-6-5-7-13-30/h5-29H,1-4H3. The number of hydrogen-bond acceptors (Lipinski definition) is 1. The molecule has 2 aliphatic heterocycles. The van der Waals surface area contributed by atoms with Gasteiger partial charge in [0.05, 0.1) is 0 Å². The Morgan fingerprint density at radius 2 is 0.851 bits per heavy atom. The molecule has 0 saturated carbocycles. The highest BCUT2D eigenvalue weighted by atomic mass is 28.3. The third-order valence-electron chi connectivity index (χ3n) is 10.8. The van der Waals surface area contributed by atoms with Crippen LogP contribution < -0.4 is 25.6 Å². The van der Waals surface area contributed by atoms with E-state index in [4.69, 9.17) is 0 Å². The van der Waals surface area contributed by atoms with Gasteiger partial charge in [-0.05, 0) is 107 Å². The summed E-state index contributed by atoms with van der Waals surface area (Å²) in [5.74, 6) is 0. The van der Waals surface area contributed by atoms with Crippen LogP contribution in [0.1, 0.15) is 0 Å². The molecule has 2 aliphatic rings. The number of fused-ring (bicyclic) bond motifs is 7. The minimum atomic E-state index is -1.85. The van der Waals surface area contributed by atoms with Crippen molar-refractivity contribution in [2.24, 2.45) is 0 Å². The fourth-order valence-corrected chi connectivity index (χ4v) is 14.5. The molecule has 9 rings (SSSR count). The Balaban J connectivity index is 1.23. The summed E-state index contributed by atoms with van der Waals surface area (Å²) < 4.78 is 0. The average Bonchev–Trinajstić information content (AvgIpc) is 3.48. The Morgan fingerprint density at radius 1 is 0.340 bits per heavy atom. The molecule has 0 aliphatic carbocycles. The maximum Gasteiger partial charge on any atom is 0.113 e. The molecular weight excluding hydrogens is 599 g/mol. The molecule has 2 heterocycles. The number of nitrogens with zero attached hydrogens (tertiary/aromatic N) is 1. The van der Waals surface area contributed by atoms with E-state index in [0.29, 0.717) is 0 Å². The minimum Gasteiger partial charge on any atom is -0.310 e. The highest BCUT2D eigenvalue weighted by Gasteiger charge is 2.39. The van der Waals surface area contributed by atoms with E-state index in [1.165, 1.54) is 71.6 Å². The second-order valence-electron chi connectivity index (χ2n) is 14.2. The van der Waals surface area contributed by atoms with Crippen molar-refractivity contribution in [1.29, 1.82) is 0 Å². The van der Waals surface area contributed by atoms with Crippen molar-refractivity contribution < 1.29 is 0 Å². The summed E-state index contributed by atoms with van der Waals surface area (Å²) in [4.78, 5) is 2.49. The molecule has 1 nitrogen and oxygen atoms in total. The van der Waals surface area contributed by atoms with E-state index in [2.05, 4.69) is 183 Å². The van der Waals surface area contributed by atoms with Gasteiger partial charge in [0.1, 0.15) is 16.1 Å². The van der Waals surface area contributed by atoms with E-state index in [1.54, 1.807) is 10.4 Å². The summed E-state index contributed by atoms with van der Waals surface area (Å²) >= 11 is 0. The molecule has 0 unspecified atom stereocenters. The van der Waals surface area contributed by atoms with Gasteiger partial charge in [-0.25, -0.2) is 0 Å². The highest BCUT2D eigenvalue weighted by Crippen LogP contribution is 2.41. The second-order valence-corrected chi connectivity index (χ2v) is 22.9. The van der Waals surface area contributed by atoms with Gasteiger partial charge >= 0.3 is 0 Å². The van der Waals surface area contributed by atoms with Gasteiger partial charge in [-0.3, -0.25) is 0 Å². The zero-order valence-electron chi connectivity index (χ0n) is 27.4. The molecule has 7 aromatic carbocycles. The van der Waals surface area contributed by atoms with E-state index in [-0.39, 0.29) is 0 Å². The van der Waals surface area contributed by atoms with Crippen molar-refractivity contribution in [1.82, 2.24) is 0 Å². The molecule has 7 aromatic rings. The molecule has 0 N–H and O–H groups in total. The molecule has 0 spiro atoms. The minimum absolute atomic E-state index is 1.18. The van der Waals surface area contributed by atoms with Crippen molar-refractivity contribution in [3.63, 3.8) is 0 Å². The zero-order chi connectivity index (χ0) is 31.9. The summed E-state index contributed by atoms with van der Waals surface area (Å²) in [6, 6.07) is 57.1. The lowest BCUT2D eigenvalue weighted by atomic mass is 10.00. The van der Waals surface area contributed by atoms with E-state index in [1.807, 2.05) is 0 Å². The van der Waals surface area contributed by atoms with Crippen molar-refractivity contribution in [2.45, 2.75) is 26.2 Å². The van der Waals surface area contributed by atoms with E-state index in [0.717, 1.165) is 0 Å². The van der Waals surface area contributed by atoms with Crippen LogP contribution in [0.15, 0.2) is 152 Å². The van der Waals surface area contributed by atoms with Crippen LogP contribution in [0.5, 0.6) is 0 Å². The van der Waals surface area contributed by atoms with Crippen LogP contribution in [0.4, 0.5) is 17.1 Å². The molecule has 0 aromatic heterocycles. The van der Waals surface area contributed by atoms with Crippen LogP contribution >= 0.6 is 0 Å². The first-order valence-corrected chi connectivity index (χ1v) is 22.7. The van der Waals surface area contributed by atoms with Crippen LogP contribution in [-0.4, -0.2) is 16.1 Å². The van der Waals surface area contributed by atoms with E-state index in [9.17, 15) is 0 Å². The predicted molar refractivity (Wildman–Crippen MR) is 208 cm³/mol. The SMILES string of the molecule is C[Si]1(C)c2ccccc2-c2cc(N(c3ccc4c(c3)[Si](C)(C)c3ccccc3-4)c3ccc4cc(-c5ccccc5)ccc4c3)ccc21. The molecule has 0 saturated heterocycles. The molecule has 0 bridgehead atoms. The molecule has 0 radical (unpaired) electrons. The fraction of sp³-hybridized carbons (Fsp3) is 0.0909. The van der Waals surface area contributed by atoms with Crippen LogP contribution in [0.2, 0.25) is 26.2 Å². The van der Waals surface area contributed by atoms with Gasteiger partial charge in [0.2, 0.25) is 0 Å². The van der Waals surface area contributed by atoms with Gasteiger partial charge in [-0.1, -0.05) is 135 Å². The predicted octanol–water partition coefficient (Wildman–Crippen LogP) is 9.58. The van der Waals surface area contributed by atoms with E-state index >= 15 is 0 Å². The van der Waals surface area contributed by atoms with Gasteiger partial charge in [0, 0.05) is 17.1 Å². The smallest absolute Gasteiger partial charge is 0.113 e. The lowest BCUT2D eigenvalue weighted by Gasteiger charge is -2.29. The van der Waals surface area contributed by atoms with Crippen LogP contribution in [0.25, 0.3) is 44.2 Å². The Labute approximate surface area is 279 Å². The largest absolute Gasteiger partial charge is 0.310 e. The lowest BCUT2D eigenvalue weighted by Crippen LogP contribution is -2.49. The first kappa shape index (κ1) is 28.3. The van der Waals surface area contributed by atoms with Crippen molar-refractivity contribution in [3.05, 3.63) is 152 Å².